The number of amides is 1. The molecule has 1 saturated heterocycles. The molecule has 1 amide bonds. The molecule has 1 fully saturated rings. The van der Waals surface area contributed by atoms with E-state index in [1.165, 1.54) is 7.11 Å². The molecule has 24 heavy (non-hydrogen) atoms. The largest absolute Gasteiger partial charge is 0.480 e. The fourth-order valence-corrected chi connectivity index (χ4v) is 2.94. The van der Waals surface area contributed by atoms with E-state index in [1.54, 1.807) is 35.4 Å². The SMILES string of the molecule is COc1ncccc1C(=O)N1CCO[C@@H](c2ccc(Cl)c(Cl)c2)C1. The smallest absolute Gasteiger partial charge is 0.259 e. The summed E-state index contributed by atoms with van der Waals surface area (Å²) in [6.45, 7) is 1.38. The average molecular weight is 367 g/mol. The van der Waals surface area contributed by atoms with E-state index in [1.807, 2.05) is 6.07 Å². The summed E-state index contributed by atoms with van der Waals surface area (Å²) in [5, 5.41) is 0.958. The van der Waals surface area contributed by atoms with Gasteiger partial charge in [-0.1, -0.05) is 29.3 Å². The van der Waals surface area contributed by atoms with Crippen LogP contribution in [0.3, 0.4) is 0 Å². The predicted molar refractivity (Wildman–Crippen MR) is 91.8 cm³/mol. The summed E-state index contributed by atoms with van der Waals surface area (Å²) >= 11 is 12.0. The molecule has 1 aromatic carbocycles. The average Bonchev–Trinajstić information content (AvgIpc) is 2.63. The molecule has 0 unspecified atom stereocenters. The Labute approximate surface area is 150 Å². The van der Waals surface area contributed by atoms with E-state index < -0.39 is 0 Å². The number of hydrogen-bond acceptors (Lipinski definition) is 4. The Hall–Kier alpha value is -1.82. The van der Waals surface area contributed by atoms with E-state index in [-0.39, 0.29) is 12.0 Å². The molecular formula is C17H16Cl2N2O3. The quantitative estimate of drug-likeness (QED) is 0.832. The van der Waals surface area contributed by atoms with Gasteiger partial charge in [0.15, 0.2) is 0 Å². The number of benzene rings is 1. The molecule has 0 radical (unpaired) electrons. The highest BCUT2D eigenvalue weighted by atomic mass is 35.5. The van der Waals surface area contributed by atoms with Gasteiger partial charge in [0.1, 0.15) is 11.7 Å². The number of rotatable bonds is 3. The Balaban J connectivity index is 1.80. The van der Waals surface area contributed by atoms with Crippen LogP contribution < -0.4 is 4.74 Å². The lowest BCUT2D eigenvalue weighted by Gasteiger charge is -2.33. The van der Waals surface area contributed by atoms with Crippen molar-refractivity contribution in [3.8, 4) is 5.88 Å². The van der Waals surface area contributed by atoms with Crippen molar-refractivity contribution in [1.29, 1.82) is 0 Å². The second-order valence-corrected chi connectivity index (χ2v) is 6.16. The van der Waals surface area contributed by atoms with Gasteiger partial charge >= 0.3 is 0 Å². The predicted octanol–water partition coefficient (Wildman–Crippen LogP) is 3.61. The van der Waals surface area contributed by atoms with Crippen LogP contribution in [0.15, 0.2) is 36.5 Å². The van der Waals surface area contributed by atoms with Crippen LogP contribution in [0.5, 0.6) is 5.88 Å². The van der Waals surface area contributed by atoms with Gasteiger partial charge in [-0.25, -0.2) is 4.98 Å². The first-order valence-electron chi connectivity index (χ1n) is 7.45. The minimum Gasteiger partial charge on any atom is -0.480 e. The van der Waals surface area contributed by atoms with Crippen LogP contribution in [-0.4, -0.2) is 42.6 Å². The van der Waals surface area contributed by atoms with Crippen molar-refractivity contribution in [3.63, 3.8) is 0 Å². The van der Waals surface area contributed by atoms with E-state index in [2.05, 4.69) is 4.98 Å². The number of pyridine rings is 1. The molecule has 0 N–H and O–H groups in total. The molecule has 1 aromatic heterocycles. The number of halogens is 2. The van der Waals surface area contributed by atoms with Crippen molar-refractivity contribution in [3.05, 3.63) is 57.7 Å². The summed E-state index contributed by atoms with van der Waals surface area (Å²) in [7, 11) is 1.50. The Morgan fingerprint density at radius 3 is 2.92 bits per heavy atom. The first-order valence-corrected chi connectivity index (χ1v) is 8.20. The maximum Gasteiger partial charge on any atom is 0.259 e. The molecule has 2 aromatic rings. The number of nitrogens with zero attached hydrogens (tertiary/aromatic N) is 2. The van der Waals surface area contributed by atoms with E-state index in [9.17, 15) is 4.79 Å². The molecule has 1 aliphatic rings. The standard InChI is InChI=1S/C17H16Cl2N2O3/c1-23-16-12(3-2-6-20-16)17(22)21-7-8-24-15(10-21)11-4-5-13(18)14(19)9-11/h2-6,9,15H,7-8,10H2,1H3/t15-/m1/s1. The Morgan fingerprint density at radius 2 is 2.17 bits per heavy atom. The van der Waals surface area contributed by atoms with Gasteiger partial charge in [-0.2, -0.15) is 0 Å². The number of ether oxygens (including phenoxy) is 2. The Kier molecular flexibility index (Phi) is 5.23. The van der Waals surface area contributed by atoms with Crippen molar-refractivity contribution in [2.45, 2.75) is 6.10 Å². The molecule has 126 valence electrons. The van der Waals surface area contributed by atoms with Crippen LogP contribution >= 0.6 is 23.2 Å². The first-order chi connectivity index (χ1) is 11.6. The maximum absolute atomic E-state index is 12.8. The van der Waals surface area contributed by atoms with Gasteiger partial charge in [0.05, 0.1) is 30.3 Å². The number of carbonyl (C=O) groups excluding carboxylic acids is 1. The zero-order chi connectivity index (χ0) is 17.1. The van der Waals surface area contributed by atoms with Crippen molar-refractivity contribution in [1.82, 2.24) is 9.88 Å². The fraction of sp³-hybridized carbons (Fsp3) is 0.294. The molecule has 5 nitrogen and oxygen atoms in total. The van der Waals surface area contributed by atoms with Gasteiger partial charge in [0.2, 0.25) is 5.88 Å². The van der Waals surface area contributed by atoms with Crippen LogP contribution in [0.4, 0.5) is 0 Å². The third kappa shape index (κ3) is 3.48. The Morgan fingerprint density at radius 1 is 1.33 bits per heavy atom. The minimum atomic E-state index is -0.250. The minimum absolute atomic E-state index is 0.131. The lowest BCUT2D eigenvalue weighted by molar-refractivity contribution is -0.0229. The van der Waals surface area contributed by atoms with Crippen LogP contribution in [0.25, 0.3) is 0 Å². The lowest BCUT2D eigenvalue weighted by Crippen LogP contribution is -2.42. The molecular weight excluding hydrogens is 351 g/mol. The zero-order valence-corrected chi connectivity index (χ0v) is 14.5. The summed E-state index contributed by atoms with van der Waals surface area (Å²) in [5.74, 6) is 0.188. The van der Waals surface area contributed by atoms with Crippen molar-refractivity contribution in [2.24, 2.45) is 0 Å². The summed E-state index contributed by atoms with van der Waals surface area (Å²) in [5.41, 5.74) is 1.33. The second kappa shape index (κ2) is 7.38. The highest BCUT2D eigenvalue weighted by Gasteiger charge is 2.28. The highest BCUT2D eigenvalue weighted by Crippen LogP contribution is 2.29. The maximum atomic E-state index is 12.8. The lowest BCUT2D eigenvalue weighted by atomic mass is 10.1. The number of carbonyl (C=O) groups is 1. The molecule has 0 spiro atoms. The Bertz CT molecular complexity index is 754. The van der Waals surface area contributed by atoms with Gasteiger partial charge in [-0.15, -0.1) is 0 Å². The van der Waals surface area contributed by atoms with Crippen LogP contribution in [0.1, 0.15) is 22.0 Å². The van der Waals surface area contributed by atoms with Gasteiger partial charge in [-0.3, -0.25) is 4.79 Å². The number of methoxy groups -OCH3 is 1. The van der Waals surface area contributed by atoms with Gasteiger partial charge in [0.25, 0.3) is 5.91 Å². The topological polar surface area (TPSA) is 51.7 Å². The third-order valence-corrected chi connectivity index (χ3v) is 4.60. The number of morpholine rings is 1. The summed E-state index contributed by atoms with van der Waals surface area (Å²) in [6.07, 6.45) is 1.34. The zero-order valence-electron chi connectivity index (χ0n) is 13.0. The summed E-state index contributed by atoms with van der Waals surface area (Å²) in [4.78, 5) is 18.6. The highest BCUT2D eigenvalue weighted by molar-refractivity contribution is 6.42. The second-order valence-electron chi connectivity index (χ2n) is 5.34. The van der Waals surface area contributed by atoms with Gasteiger partial charge in [0, 0.05) is 12.7 Å². The molecule has 7 heteroatoms. The normalized spacial score (nSPS) is 17.6. The van der Waals surface area contributed by atoms with Crippen molar-refractivity contribution >= 4 is 29.1 Å². The summed E-state index contributed by atoms with van der Waals surface area (Å²) in [6, 6.07) is 8.78. The summed E-state index contributed by atoms with van der Waals surface area (Å²) < 4.78 is 11.0. The van der Waals surface area contributed by atoms with Crippen LogP contribution in [-0.2, 0) is 4.74 Å². The van der Waals surface area contributed by atoms with Gasteiger partial charge in [-0.05, 0) is 29.8 Å². The third-order valence-electron chi connectivity index (χ3n) is 3.86. The molecule has 1 aliphatic heterocycles. The van der Waals surface area contributed by atoms with Crippen molar-refractivity contribution in [2.75, 3.05) is 26.8 Å². The molecule has 2 heterocycles. The molecule has 0 saturated carbocycles. The molecule has 0 aliphatic carbocycles. The molecule has 3 rings (SSSR count). The molecule has 0 bridgehead atoms. The monoisotopic (exact) mass is 366 g/mol. The van der Waals surface area contributed by atoms with Crippen molar-refractivity contribution < 1.29 is 14.3 Å². The van der Waals surface area contributed by atoms with E-state index in [0.29, 0.717) is 41.2 Å². The van der Waals surface area contributed by atoms with E-state index >= 15 is 0 Å². The van der Waals surface area contributed by atoms with Gasteiger partial charge < -0.3 is 14.4 Å². The van der Waals surface area contributed by atoms with Crippen LogP contribution in [0, 0.1) is 0 Å². The first kappa shape index (κ1) is 17.0. The number of aromatic nitrogens is 1. The van der Waals surface area contributed by atoms with E-state index in [0.717, 1.165) is 5.56 Å². The van der Waals surface area contributed by atoms with E-state index in [4.69, 9.17) is 32.7 Å². The molecule has 1 atom stereocenters. The van der Waals surface area contributed by atoms with Crippen LogP contribution in [0.2, 0.25) is 10.0 Å². The fourth-order valence-electron chi connectivity index (χ4n) is 2.63. The number of hydrogen-bond donors (Lipinski definition) is 0.